The lowest BCUT2D eigenvalue weighted by Crippen LogP contribution is -2.47. The van der Waals surface area contributed by atoms with Crippen LogP contribution in [-0.2, 0) is 6.42 Å². The van der Waals surface area contributed by atoms with Gasteiger partial charge in [-0.05, 0) is 25.0 Å². The van der Waals surface area contributed by atoms with Crippen LogP contribution in [0.25, 0.3) is 0 Å². The van der Waals surface area contributed by atoms with E-state index in [2.05, 4.69) is 16.4 Å². The molecule has 1 aliphatic carbocycles. The van der Waals surface area contributed by atoms with Gasteiger partial charge >= 0.3 is 0 Å². The van der Waals surface area contributed by atoms with E-state index in [1.165, 1.54) is 25.7 Å². The Morgan fingerprint density at radius 3 is 2.94 bits per heavy atom. The molecule has 0 bridgehead atoms. The molecule has 1 fully saturated rings. The lowest BCUT2D eigenvalue weighted by Gasteiger charge is -2.29. The number of hydrogen-bond donors (Lipinski definition) is 2. The molecule has 0 aromatic carbocycles. The van der Waals surface area contributed by atoms with E-state index in [0.717, 1.165) is 18.7 Å². The number of pyridine rings is 1. The fourth-order valence-corrected chi connectivity index (χ4v) is 2.34. The SMILES string of the molecule is NC1CCCCC1NCCc1ccccn1. The summed E-state index contributed by atoms with van der Waals surface area (Å²) < 4.78 is 0. The minimum Gasteiger partial charge on any atom is -0.326 e. The summed E-state index contributed by atoms with van der Waals surface area (Å²) in [6, 6.07) is 6.92. The highest BCUT2D eigenvalue weighted by atomic mass is 15.0. The van der Waals surface area contributed by atoms with Crippen molar-refractivity contribution in [3.05, 3.63) is 30.1 Å². The zero-order valence-corrected chi connectivity index (χ0v) is 9.73. The molecule has 1 saturated carbocycles. The largest absolute Gasteiger partial charge is 0.326 e. The van der Waals surface area contributed by atoms with Crippen LogP contribution in [0.1, 0.15) is 31.4 Å². The second-order valence-corrected chi connectivity index (χ2v) is 4.58. The average Bonchev–Trinajstić information content (AvgIpc) is 2.33. The lowest BCUT2D eigenvalue weighted by molar-refractivity contribution is 0.329. The van der Waals surface area contributed by atoms with Gasteiger partial charge in [-0.25, -0.2) is 0 Å². The highest BCUT2D eigenvalue weighted by Gasteiger charge is 2.20. The van der Waals surface area contributed by atoms with Gasteiger partial charge in [-0.2, -0.15) is 0 Å². The van der Waals surface area contributed by atoms with Crippen LogP contribution in [-0.4, -0.2) is 23.6 Å². The fraction of sp³-hybridized carbons (Fsp3) is 0.615. The van der Waals surface area contributed by atoms with Crippen molar-refractivity contribution >= 4 is 0 Å². The summed E-state index contributed by atoms with van der Waals surface area (Å²) in [5.74, 6) is 0. The molecule has 3 N–H and O–H groups in total. The van der Waals surface area contributed by atoms with Crippen LogP contribution in [0, 0.1) is 0 Å². The number of aromatic nitrogens is 1. The minimum atomic E-state index is 0.345. The molecule has 2 atom stereocenters. The second-order valence-electron chi connectivity index (χ2n) is 4.58. The molecule has 1 aromatic heterocycles. The molecule has 1 aliphatic rings. The molecule has 0 spiro atoms. The molecule has 3 heteroatoms. The van der Waals surface area contributed by atoms with Crippen LogP contribution in [0.2, 0.25) is 0 Å². The van der Waals surface area contributed by atoms with E-state index in [9.17, 15) is 0 Å². The molecule has 1 heterocycles. The lowest BCUT2D eigenvalue weighted by atomic mass is 9.91. The monoisotopic (exact) mass is 219 g/mol. The molecular formula is C13H21N3. The van der Waals surface area contributed by atoms with Crippen molar-refractivity contribution in [2.24, 2.45) is 5.73 Å². The summed E-state index contributed by atoms with van der Waals surface area (Å²) in [4.78, 5) is 4.31. The predicted octanol–water partition coefficient (Wildman–Crippen LogP) is 1.48. The Morgan fingerprint density at radius 2 is 2.19 bits per heavy atom. The molecule has 16 heavy (non-hydrogen) atoms. The Hall–Kier alpha value is -0.930. The zero-order valence-electron chi connectivity index (χ0n) is 9.73. The van der Waals surface area contributed by atoms with Crippen LogP contribution in [0.4, 0.5) is 0 Å². The molecule has 3 nitrogen and oxygen atoms in total. The third-order valence-electron chi connectivity index (χ3n) is 3.33. The minimum absolute atomic E-state index is 0.345. The summed E-state index contributed by atoms with van der Waals surface area (Å²) in [5, 5.41) is 3.55. The highest BCUT2D eigenvalue weighted by Crippen LogP contribution is 2.16. The molecule has 2 rings (SSSR count). The Balaban J connectivity index is 1.71. The maximum Gasteiger partial charge on any atom is 0.0416 e. The Labute approximate surface area is 97.5 Å². The van der Waals surface area contributed by atoms with Gasteiger partial charge in [0.15, 0.2) is 0 Å². The van der Waals surface area contributed by atoms with E-state index in [1.807, 2.05) is 18.3 Å². The predicted molar refractivity (Wildman–Crippen MR) is 66.2 cm³/mol. The van der Waals surface area contributed by atoms with Gasteiger partial charge in [-0.3, -0.25) is 4.98 Å². The maximum absolute atomic E-state index is 6.08. The number of rotatable bonds is 4. The number of nitrogens with one attached hydrogen (secondary N) is 1. The van der Waals surface area contributed by atoms with Crippen molar-refractivity contribution < 1.29 is 0 Å². The summed E-state index contributed by atoms with van der Waals surface area (Å²) >= 11 is 0. The van der Waals surface area contributed by atoms with Crippen LogP contribution in [0.5, 0.6) is 0 Å². The highest BCUT2D eigenvalue weighted by molar-refractivity contribution is 5.03. The van der Waals surface area contributed by atoms with Crippen molar-refractivity contribution in [2.75, 3.05) is 6.54 Å². The first-order chi connectivity index (χ1) is 7.86. The second kappa shape index (κ2) is 5.97. The van der Waals surface area contributed by atoms with Gasteiger partial charge in [0.05, 0.1) is 0 Å². The van der Waals surface area contributed by atoms with Crippen molar-refractivity contribution in [3.63, 3.8) is 0 Å². The van der Waals surface area contributed by atoms with E-state index >= 15 is 0 Å². The molecule has 1 aromatic rings. The van der Waals surface area contributed by atoms with E-state index in [-0.39, 0.29) is 0 Å². The summed E-state index contributed by atoms with van der Waals surface area (Å²) in [5.41, 5.74) is 7.23. The first kappa shape index (κ1) is 11.6. The van der Waals surface area contributed by atoms with Gasteiger partial charge in [0.1, 0.15) is 0 Å². The summed E-state index contributed by atoms with van der Waals surface area (Å²) in [6.45, 7) is 0.982. The molecule has 88 valence electrons. The normalized spacial score (nSPS) is 25.6. The van der Waals surface area contributed by atoms with E-state index in [1.54, 1.807) is 0 Å². The van der Waals surface area contributed by atoms with Crippen molar-refractivity contribution in [3.8, 4) is 0 Å². The maximum atomic E-state index is 6.08. The van der Waals surface area contributed by atoms with Gasteiger partial charge in [-0.1, -0.05) is 18.9 Å². The number of nitrogens with zero attached hydrogens (tertiary/aromatic N) is 1. The third kappa shape index (κ3) is 3.29. The number of nitrogens with two attached hydrogens (primary N) is 1. The van der Waals surface area contributed by atoms with E-state index < -0.39 is 0 Å². The molecule has 0 saturated heterocycles. The van der Waals surface area contributed by atoms with Crippen molar-refractivity contribution in [2.45, 2.75) is 44.2 Å². The van der Waals surface area contributed by atoms with Crippen LogP contribution < -0.4 is 11.1 Å². The first-order valence-electron chi connectivity index (χ1n) is 6.25. The van der Waals surface area contributed by atoms with Crippen molar-refractivity contribution in [1.82, 2.24) is 10.3 Å². The quantitative estimate of drug-likeness (QED) is 0.806. The summed E-state index contributed by atoms with van der Waals surface area (Å²) in [6.07, 6.45) is 7.84. The Morgan fingerprint density at radius 1 is 1.31 bits per heavy atom. The standard InChI is InChI=1S/C13H21N3/c14-12-6-1-2-7-13(12)16-10-8-11-5-3-4-9-15-11/h3-5,9,12-13,16H,1-2,6-8,10,14H2. The first-order valence-corrected chi connectivity index (χ1v) is 6.25. The van der Waals surface area contributed by atoms with Gasteiger partial charge < -0.3 is 11.1 Å². The van der Waals surface area contributed by atoms with E-state index in [0.29, 0.717) is 12.1 Å². The smallest absolute Gasteiger partial charge is 0.0416 e. The van der Waals surface area contributed by atoms with Crippen LogP contribution >= 0.6 is 0 Å². The molecular weight excluding hydrogens is 198 g/mol. The summed E-state index contributed by atoms with van der Waals surface area (Å²) in [7, 11) is 0. The van der Waals surface area contributed by atoms with Crippen molar-refractivity contribution in [1.29, 1.82) is 0 Å². The average molecular weight is 219 g/mol. The van der Waals surface area contributed by atoms with Crippen LogP contribution in [0.15, 0.2) is 24.4 Å². The molecule has 0 amide bonds. The fourth-order valence-electron chi connectivity index (χ4n) is 2.34. The van der Waals surface area contributed by atoms with Gasteiger partial charge in [-0.15, -0.1) is 0 Å². The van der Waals surface area contributed by atoms with Crippen LogP contribution in [0.3, 0.4) is 0 Å². The molecule has 0 aliphatic heterocycles. The number of hydrogen-bond acceptors (Lipinski definition) is 3. The molecule has 0 radical (unpaired) electrons. The topological polar surface area (TPSA) is 50.9 Å². The molecule has 2 unspecified atom stereocenters. The Kier molecular flexibility index (Phi) is 4.31. The van der Waals surface area contributed by atoms with Gasteiger partial charge in [0, 0.05) is 36.9 Å². The van der Waals surface area contributed by atoms with Gasteiger partial charge in [0.25, 0.3) is 0 Å². The zero-order chi connectivity index (χ0) is 11.2. The van der Waals surface area contributed by atoms with Gasteiger partial charge in [0.2, 0.25) is 0 Å². The van der Waals surface area contributed by atoms with E-state index in [4.69, 9.17) is 5.73 Å². The Bertz CT molecular complexity index is 299. The third-order valence-corrected chi connectivity index (χ3v) is 3.33.